The molecule has 2 aliphatic heterocycles. The lowest BCUT2D eigenvalue weighted by atomic mass is 9.59. The van der Waals surface area contributed by atoms with E-state index >= 15 is 0 Å². The standard InChI is InChI=1S/C47H46N4/c1-43(2)30-20-12-16-24-34(30)50(35-25-17-13-21-31(35)43)41-29(28-48)40(49-11)42(39-38(41)45(5,6)47(9,10)46(39,7)8)51-36-26-18-14-22-32(36)44(3,4)33-23-15-19-27-37(33)51/h12-27H,1-10H3. The Bertz CT molecular complexity index is 2130. The molecule has 0 fully saturated rings. The van der Waals surface area contributed by atoms with Crippen molar-refractivity contribution in [3.8, 4) is 6.07 Å². The summed E-state index contributed by atoms with van der Waals surface area (Å²) in [5.41, 5.74) is 12.2. The SMILES string of the molecule is [C-]#[N+]c1c(C#N)c(N2c3ccccc3C(C)(C)c3ccccc32)c2c(c1N1c3ccccc3C(C)(C)c3ccccc31)C(C)(C)C(C)(C)C2(C)C. The molecule has 1 aliphatic carbocycles. The molecule has 0 saturated carbocycles. The zero-order chi connectivity index (χ0) is 36.5. The molecule has 5 aromatic carbocycles. The fourth-order valence-electron chi connectivity index (χ4n) is 9.81. The molecule has 254 valence electrons. The van der Waals surface area contributed by atoms with Crippen LogP contribution >= 0.6 is 0 Å². The van der Waals surface area contributed by atoms with Crippen LogP contribution in [0.2, 0.25) is 0 Å². The molecule has 0 spiro atoms. The lowest BCUT2D eigenvalue weighted by Crippen LogP contribution is -2.42. The monoisotopic (exact) mass is 666 g/mol. The molecule has 4 nitrogen and oxygen atoms in total. The van der Waals surface area contributed by atoms with Crippen molar-refractivity contribution < 1.29 is 0 Å². The summed E-state index contributed by atoms with van der Waals surface area (Å²) >= 11 is 0. The normalized spacial score (nSPS) is 19.1. The van der Waals surface area contributed by atoms with Gasteiger partial charge >= 0.3 is 0 Å². The maximum Gasteiger partial charge on any atom is 0.230 e. The van der Waals surface area contributed by atoms with Crippen LogP contribution in [0.5, 0.6) is 0 Å². The maximum atomic E-state index is 11.5. The number of nitrogens with zero attached hydrogens (tertiary/aromatic N) is 4. The first-order valence-corrected chi connectivity index (χ1v) is 18.1. The predicted octanol–water partition coefficient (Wildman–Crippen LogP) is 12.9. The van der Waals surface area contributed by atoms with Gasteiger partial charge in [-0.25, -0.2) is 4.85 Å². The summed E-state index contributed by atoms with van der Waals surface area (Å²) in [7, 11) is 0. The average molecular weight is 667 g/mol. The molecule has 0 atom stereocenters. The van der Waals surface area contributed by atoms with E-state index < -0.39 is 10.8 Å². The second kappa shape index (κ2) is 10.4. The molecule has 0 radical (unpaired) electrons. The number of hydrogen-bond acceptors (Lipinski definition) is 3. The molecule has 8 rings (SSSR count). The largest absolute Gasteiger partial charge is 0.319 e. The third-order valence-electron chi connectivity index (χ3n) is 13.7. The second-order valence-corrected chi connectivity index (χ2v) is 17.3. The zero-order valence-electron chi connectivity index (χ0n) is 31.5. The summed E-state index contributed by atoms with van der Waals surface area (Å²) in [5, 5.41) is 11.5. The highest BCUT2D eigenvalue weighted by atomic mass is 15.2. The number of rotatable bonds is 2. The van der Waals surface area contributed by atoms with Gasteiger partial charge in [0.1, 0.15) is 0 Å². The first kappa shape index (κ1) is 32.9. The molecule has 3 aliphatic rings. The van der Waals surface area contributed by atoms with Crippen LogP contribution in [0, 0.1) is 23.3 Å². The molecule has 0 amide bonds. The highest BCUT2D eigenvalue weighted by Crippen LogP contribution is 2.70. The number of hydrogen-bond donors (Lipinski definition) is 0. The number of benzene rings is 5. The van der Waals surface area contributed by atoms with Crippen LogP contribution in [0.4, 0.5) is 39.8 Å². The summed E-state index contributed by atoms with van der Waals surface area (Å²) in [6, 6.07) is 37.1. The van der Waals surface area contributed by atoms with Crippen molar-refractivity contribution in [3.05, 3.63) is 147 Å². The van der Waals surface area contributed by atoms with Crippen molar-refractivity contribution in [2.75, 3.05) is 9.80 Å². The predicted molar refractivity (Wildman–Crippen MR) is 211 cm³/mol. The van der Waals surface area contributed by atoms with Crippen molar-refractivity contribution >= 4 is 39.8 Å². The third kappa shape index (κ3) is 3.89. The Hall–Kier alpha value is -5.32. The van der Waals surface area contributed by atoms with Gasteiger partial charge in [-0.1, -0.05) is 142 Å². The van der Waals surface area contributed by atoms with Crippen molar-refractivity contribution in [1.29, 1.82) is 5.26 Å². The first-order valence-electron chi connectivity index (χ1n) is 18.1. The molecule has 0 unspecified atom stereocenters. The van der Waals surface area contributed by atoms with Gasteiger partial charge < -0.3 is 9.80 Å². The van der Waals surface area contributed by atoms with E-state index in [1.54, 1.807) is 0 Å². The minimum atomic E-state index is -0.396. The van der Waals surface area contributed by atoms with Crippen LogP contribution in [-0.2, 0) is 21.7 Å². The molecule has 5 aromatic rings. The van der Waals surface area contributed by atoms with E-state index in [1.807, 2.05) is 0 Å². The molecule has 0 N–H and O–H groups in total. The fraction of sp³-hybridized carbons (Fsp3) is 0.319. The van der Waals surface area contributed by atoms with Crippen molar-refractivity contribution in [2.45, 2.75) is 90.9 Å². The van der Waals surface area contributed by atoms with Gasteiger partial charge in [-0.2, -0.15) is 5.26 Å². The van der Waals surface area contributed by atoms with Gasteiger partial charge in [-0.3, -0.25) is 0 Å². The van der Waals surface area contributed by atoms with Gasteiger partial charge in [0, 0.05) is 22.2 Å². The van der Waals surface area contributed by atoms with Crippen LogP contribution in [-0.4, -0.2) is 0 Å². The van der Waals surface area contributed by atoms with Gasteiger partial charge in [0.05, 0.1) is 41.0 Å². The summed E-state index contributed by atoms with van der Waals surface area (Å²) in [6.07, 6.45) is 0. The van der Waals surface area contributed by atoms with E-state index in [9.17, 15) is 5.26 Å². The zero-order valence-corrected chi connectivity index (χ0v) is 31.5. The Kier molecular flexibility index (Phi) is 6.68. The van der Waals surface area contributed by atoms with Gasteiger partial charge in [-0.05, 0) is 73.9 Å². The van der Waals surface area contributed by atoms with Crippen molar-refractivity contribution in [1.82, 2.24) is 0 Å². The quantitative estimate of drug-likeness (QED) is 0.176. The fourth-order valence-corrected chi connectivity index (χ4v) is 9.81. The van der Waals surface area contributed by atoms with E-state index in [-0.39, 0.29) is 16.2 Å². The lowest BCUT2D eigenvalue weighted by Gasteiger charge is -2.46. The molecule has 0 bridgehead atoms. The lowest BCUT2D eigenvalue weighted by molar-refractivity contribution is 0.125. The Morgan fingerprint density at radius 3 is 1.16 bits per heavy atom. The van der Waals surface area contributed by atoms with Crippen LogP contribution in [0.15, 0.2) is 97.1 Å². The van der Waals surface area contributed by atoms with E-state index in [2.05, 4.69) is 187 Å². The molecule has 0 aromatic heterocycles. The van der Waals surface area contributed by atoms with E-state index in [0.717, 1.165) is 45.3 Å². The third-order valence-corrected chi connectivity index (χ3v) is 13.7. The highest BCUT2D eigenvalue weighted by Gasteiger charge is 2.61. The van der Waals surface area contributed by atoms with E-state index in [4.69, 9.17) is 6.57 Å². The number of para-hydroxylation sites is 4. The number of nitriles is 1. The Morgan fingerprint density at radius 2 is 0.824 bits per heavy atom. The minimum absolute atomic E-state index is 0.259. The van der Waals surface area contributed by atoms with Gasteiger partial charge in [0.2, 0.25) is 5.69 Å². The summed E-state index contributed by atoms with van der Waals surface area (Å²) in [4.78, 5) is 9.04. The molecule has 4 heteroatoms. The molecular formula is C47H46N4. The Balaban J connectivity index is 1.60. The first-order chi connectivity index (χ1) is 24.1. The minimum Gasteiger partial charge on any atom is -0.319 e. The summed E-state index contributed by atoms with van der Waals surface area (Å²) in [5.74, 6) is 0. The highest BCUT2D eigenvalue weighted by molar-refractivity contribution is 6.02. The van der Waals surface area contributed by atoms with Crippen molar-refractivity contribution in [2.24, 2.45) is 5.41 Å². The van der Waals surface area contributed by atoms with Gasteiger partial charge in [0.25, 0.3) is 0 Å². The molecule has 51 heavy (non-hydrogen) atoms. The van der Waals surface area contributed by atoms with Gasteiger partial charge in [0.15, 0.2) is 0 Å². The van der Waals surface area contributed by atoms with Crippen LogP contribution in [0.1, 0.15) is 108 Å². The smallest absolute Gasteiger partial charge is 0.230 e. The van der Waals surface area contributed by atoms with E-state index in [1.165, 1.54) is 22.3 Å². The number of anilines is 6. The molecular weight excluding hydrogens is 621 g/mol. The molecule has 2 heterocycles. The number of fused-ring (bicyclic) bond motifs is 5. The second-order valence-electron chi connectivity index (χ2n) is 17.3. The van der Waals surface area contributed by atoms with E-state index in [0.29, 0.717) is 11.3 Å². The Morgan fingerprint density at radius 1 is 0.510 bits per heavy atom. The summed E-state index contributed by atoms with van der Waals surface area (Å²) < 4.78 is 0. The van der Waals surface area contributed by atoms with Crippen LogP contribution in [0.25, 0.3) is 4.85 Å². The average Bonchev–Trinajstić information content (AvgIpc) is 3.22. The van der Waals surface area contributed by atoms with Crippen LogP contribution in [0.3, 0.4) is 0 Å². The van der Waals surface area contributed by atoms with Gasteiger partial charge in [-0.15, -0.1) is 0 Å². The molecule has 0 saturated heterocycles. The topological polar surface area (TPSA) is 34.6 Å². The maximum absolute atomic E-state index is 11.5. The van der Waals surface area contributed by atoms with Crippen molar-refractivity contribution in [3.63, 3.8) is 0 Å². The Labute approximate surface area is 303 Å². The van der Waals surface area contributed by atoms with Crippen LogP contribution < -0.4 is 9.80 Å². The summed E-state index contributed by atoms with van der Waals surface area (Å²) in [6.45, 7) is 32.2.